The van der Waals surface area contributed by atoms with Gasteiger partial charge in [-0.2, -0.15) is 4.80 Å². The van der Waals surface area contributed by atoms with Gasteiger partial charge >= 0.3 is 0 Å². The van der Waals surface area contributed by atoms with E-state index in [-0.39, 0.29) is 0 Å². The van der Waals surface area contributed by atoms with E-state index in [4.69, 9.17) is 10.5 Å². The number of benzene rings is 1. The van der Waals surface area contributed by atoms with Crippen LogP contribution in [0.4, 0.5) is 0 Å². The molecule has 0 amide bonds. The molecule has 18 heavy (non-hydrogen) atoms. The average molecular weight is 247 g/mol. The van der Waals surface area contributed by atoms with Crippen LogP contribution in [0, 0.1) is 0 Å². The Morgan fingerprint density at radius 2 is 2.17 bits per heavy atom. The number of hydrogen-bond donors (Lipinski definition) is 1. The van der Waals surface area contributed by atoms with Crippen LogP contribution in [0.25, 0.3) is 0 Å². The molecule has 0 bridgehead atoms. The number of tetrazole rings is 1. The van der Waals surface area contributed by atoms with Crippen molar-refractivity contribution >= 4 is 0 Å². The van der Waals surface area contributed by atoms with Gasteiger partial charge in [-0.1, -0.05) is 25.1 Å². The second-order valence-corrected chi connectivity index (χ2v) is 3.84. The van der Waals surface area contributed by atoms with Gasteiger partial charge in [-0.15, -0.1) is 10.2 Å². The predicted molar refractivity (Wildman–Crippen MR) is 67.0 cm³/mol. The summed E-state index contributed by atoms with van der Waals surface area (Å²) in [4.78, 5) is 1.48. The fourth-order valence-corrected chi connectivity index (χ4v) is 1.62. The Bertz CT molecular complexity index is 497. The molecule has 2 aromatic rings. The van der Waals surface area contributed by atoms with Gasteiger partial charge in [-0.3, -0.25) is 0 Å². The molecule has 0 saturated carbocycles. The van der Waals surface area contributed by atoms with Gasteiger partial charge in [-0.25, -0.2) is 0 Å². The first-order valence-electron chi connectivity index (χ1n) is 6.01. The number of nitrogens with two attached hydrogens (primary N) is 1. The van der Waals surface area contributed by atoms with Gasteiger partial charge in [0.25, 0.3) is 0 Å². The molecule has 0 aliphatic carbocycles. The molecule has 0 saturated heterocycles. The minimum absolute atomic E-state index is 0.321. The molecule has 0 aliphatic rings. The molecule has 6 nitrogen and oxygen atoms in total. The monoisotopic (exact) mass is 247 g/mol. The van der Waals surface area contributed by atoms with Crippen LogP contribution in [0.5, 0.6) is 5.75 Å². The first kappa shape index (κ1) is 12.5. The molecule has 0 aliphatic heterocycles. The number of ether oxygens (including phenoxy) is 1. The van der Waals surface area contributed by atoms with Crippen LogP contribution in [0.3, 0.4) is 0 Å². The van der Waals surface area contributed by atoms with Crippen molar-refractivity contribution in [2.24, 2.45) is 5.73 Å². The van der Waals surface area contributed by atoms with E-state index < -0.39 is 0 Å². The van der Waals surface area contributed by atoms with Gasteiger partial charge < -0.3 is 10.5 Å². The first-order valence-corrected chi connectivity index (χ1v) is 6.01. The number of hydrogen-bond acceptors (Lipinski definition) is 5. The molecular formula is C12H17N5O. The van der Waals surface area contributed by atoms with Crippen LogP contribution in [-0.4, -0.2) is 26.8 Å². The molecule has 1 heterocycles. The highest BCUT2D eigenvalue weighted by molar-refractivity contribution is 5.33. The summed E-state index contributed by atoms with van der Waals surface area (Å²) in [7, 11) is 0. The lowest BCUT2D eigenvalue weighted by atomic mass is 10.1. The Morgan fingerprint density at radius 1 is 1.33 bits per heavy atom. The fourth-order valence-electron chi connectivity index (χ4n) is 1.62. The van der Waals surface area contributed by atoms with E-state index in [2.05, 4.69) is 22.3 Å². The zero-order valence-electron chi connectivity index (χ0n) is 10.4. The van der Waals surface area contributed by atoms with Crippen molar-refractivity contribution in [3.8, 4) is 5.75 Å². The topological polar surface area (TPSA) is 78.9 Å². The molecule has 0 spiro atoms. The van der Waals surface area contributed by atoms with Gasteiger partial charge in [0, 0.05) is 6.54 Å². The Kier molecular flexibility index (Phi) is 4.25. The second kappa shape index (κ2) is 6.11. The summed E-state index contributed by atoms with van der Waals surface area (Å²) in [6.45, 7) is 3.48. The van der Waals surface area contributed by atoms with Crippen molar-refractivity contribution in [3.05, 3.63) is 35.7 Å². The summed E-state index contributed by atoms with van der Waals surface area (Å²) in [6, 6.07) is 7.95. The van der Waals surface area contributed by atoms with Gasteiger partial charge in [0.2, 0.25) is 5.82 Å². The lowest BCUT2D eigenvalue weighted by molar-refractivity contribution is 0.292. The summed E-state index contributed by atoms with van der Waals surface area (Å²) in [6.07, 6.45) is 0.934. The van der Waals surface area contributed by atoms with E-state index in [0.29, 0.717) is 25.5 Å². The van der Waals surface area contributed by atoms with Gasteiger partial charge in [-0.05, 0) is 23.3 Å². The van der Waals surface area contributed by atoms with E-state index in [1.165, 1.54) is 10.4 Å². The maximum atomic E-state index is 5.70. The maximum Gasteiger partial charge on any atom is 0.212 e. The summed E-state index contributed by atoms with van der Waals surface area (Å²) >= 11 is 0. The lowest BCUT2D eigenvalue weighted by Crippen LogP contribution is -2.12. The minimum Gasteiger partial charge on any atom is -0.485 e. The average Bonchev–Trinajstić information content (AvgIpc) is 2.85. The van der Waals surface area contributed by atoms with Crippen LogP contribution < -0.4 is 10.5 Å². The quantitative estimate of drug-likeness (QED) is 0.815. The molecule has 1 aromatic heterocycles. The van der Waals surface area contributed by atoms with Crippen LogP contribution in [0.1, 0.15) is 18.3 Å². The van der Waals surface area contributed by atoms with Gasteiger partial charge in [0.05, 0.1) is 6.54 Å². The van der Waals surface area contributed by atoms with Crippen molar-refractivity contribution in [2.45, 2.75) is 26.5 Å². The van der Waals surface area contributed by atoms with E-state index in [9.17, 15) is 0 Å². The Hall–Kier alpha value is -1.95. The third-order valence-corrected chi connectivity index (χ3v) is 2.53. The zero-order valence-corrected chi connectivity index (χ0v) is 10.4. The number of rotatable bonds is 6. The van der Waals surface area contributed by atoms with Crippen molar-refractivity contribution in [1.29, 1.82) is 0 Å². The molecule has 0 unspecified atom stereocenters. The molecule has 6 heteroatoms. The highest BCUT2D eigenvalue weighted by Crippen LogP contribution is 2.18. The molecule has 1 aromatic carbocycles. The Morgan fingerprint density at radius 3 is 2.94 bits per heavy atom. The molecule has 2 rings (SSSR count). The highest BCUT2D eigenvalue weighted by atomic mass is 16.5. The molecule has 0 atom stereocenters. The zero-order chi connectivity index (χ0) is 12.8. The predicted octanol–water partition coefficient (Wildman–Crippen LogP) is 0.773. The maximum absolute atomic E-state index is 5.70. The number of para-hydroxylation sites is 1. The second-order valence-electron chi connectivity index (χ2n) is 3.84. The van der Waals surface area contributed by atoms with Crippen molar-refractivity contribution < 1.29 is 4.74 Å². The van der Waals surface area contributed by atoms with Crippen LogP contribution in [0.15, 0.2) is 24.3 Å². The van der Waals surface area contributed by atoms with Crippen LogP contribution in [-0.2, 0) is 19.6 Å². The number of aryl methyl sites for hydroxylation is 1. The number of nitrogens with zero attached hydrogens (tertiary/aromatic N) is 4. The van der Waals surface area contributed by atoms with Crippen molar-refractivity contribution in [3.63, 3.8) is 0 Å². The first-order chi connectivity index (χ1) is 8.83. The Balaban J connectivity index is 1.97. The molecule has 0 fully saturated rings. The smallest absolute Gasteiger partial charge is 0.212 e. The Labute approximate surface area is 106 Å². The molecule has 2 N–H and O–H groups in total. The molecule has 0 radical (unpaired) electrons. The lowest BCUT2D eigenvalue weighted by Gasteiger charge is -2.07. The summed E-state index contributed by atoms with van der Waals surface area (Å²) in [5.74, 6) is 1.43. The minimum atomic E-state index is 0.321. The third-order valence-electron chi connectivity index (χ3n) is 2.53. The van der Waals surface area contributed by atoms with E-state index in [1.54, 1.807) is 0 Å². The van der Waals surface area contributed by atoms with Gasteiger partial charge in [0.1, 0.15) is 5.75 Å². The summed E-state index contributed by atoms with van der Waals surface area (Å²) in [5.41, 5.74) is 6.59. The highest BCUT2D eigenvalue weighted by Gasteiger charge is 2.05. The normalized spacial score (nSPS) is 10.6. The standard InChI is InChI=1S/C12H17N5O/c1-2-10-5-3-4-6-11(10)18-9-12-14-16-17(15-12)8-7-13/h3-6H,2,7-9,13H2,1H3. The summed E-state index contributed by atoms with van der Waals surface area (Å²) < 4.78 is 5.70. The van der Waals surface area contributed by atoms with Crippen molar-refractivity contribution in [2.75, 3.05) is 6.54 Å². The SMILES string of the molecule is CCc1ccccc1OCc1nnn(CCN)n1. The number of aromatic nitrogens is 4. The van der Waals surface area contributed by atoms with E-state index in [1.807, 2.05) is 24.3 Å². The van der Waals surface area contributed by atoms with Crippen LogP contribution in [0.2, 0.25) is 0 Å². The largest absolute Gasteiger partial charge is 0.485 e. The van der Waals surface area contributed by atoms with Gasteiger partial charge in [0.15, 0.2) is 6.61 Å². The molecule has 96 valence electrons. The molecular weight excluding hydrogens is 230 g/mol. The van der Waals surface area contributed by atoms with E-state index >= 15 is 0 Å². The van der Waals surface area contributed by atoms with Crippen molar-refractivity contribution in [1.82, 2.24) is 20.2 Å². The summed E-state index contributed by atoms with van der Waals surface area (Å²) in [5, 5.41) is 11.9. The van der Waals surface area contributed by atoms with Crippen LogP contribution >= 0.6 is 0 Å². The van der Waals surface area contributed by atoms with E-state index in [0.717, 1.165) is 12.2 Å². The third kappa shape index (κ3) is 3.04. The fraction of sp³-hybridized carbons (Fsp3) is 0.417.